The van der Waals surface area contributed by atoms with Crippen molar-refractivity contribution < 1.29 is 80.0 Å². The Labute approximate surface area is 137 Å². The minimum atomic E-state index is -3.43. The van der Waals surface area contributed by atoms with Crippen molar-refractivity contribution in [3.8, 4) is 0 Å². The molecule has 0 aromatic rings. The summed E-state index contributed by atoms with van der Waals surface area (Å²) < 4.78 is 23.3. The molecule has 0 bridgehead atoms. The van der Waals surface area contributed by atoms with Crippen molar-refractivity contribution in [3.05, 3.63) is 0 Å². The molecule has 0 aliphatic heterocycles. The Bertz CT molecular complexity index is 205. The van der Waals surface area contributed by atoms with Crippen molar-refractivity contribution in [3.63, 3.8) is 0 Å². The maximum atomic E-state index is 10.4. The molecular formula is C6H16Na2O4S2. The Kier molecular flexibility index (Phi) is 20.5. The van der Waals surface area contributed by atoms with Gasteiger partial charge in [0.25, 0.3) is 9.05 Å². The summed E-state index contributed by atoms with van der Waals surface area (Å²) in [5.41, 5.74) is 0. The molecule has 0 radical (unpaired) electrons. The van der Waals surface area contributed by atoms with Gasteiger partial charge in [0.2, 0.25) is 0 Å². The molecule has 1 atom stereocenters. The van der Waals surface area contributed by atoms with Crippen molar-refractivity contribution in [1.29, 1.82) is 0 Å². The molecular weight excluding hydrogens is 246 g/mol. The van der Waals surface area contributed by atoms with Gasteiger partial charge in [0.1, 0.15) is 0 Å². The first-order valence-corrected chi connectivity index (χ1v) is 6.15. The zero-order valence-electron chi connectivity index (χ0n) is 10.8. The predicted molar refractivity (Wildman–Crippen MR) is 51.9 cm³/mol. The Balaban J connectivity index is -0.000000101. The second kappa shape index (κ2) is 13.3. The monoisotopic (exact) mass is 262 g/mol. The van der Waals surface area contributed by atoms with Crippen molar-refractivity contribution in [2.45, 2.75) is 25.7 Å². The van der Waals surface area contributed by atoms with Crippen LogP contribution in [0.2, 0.25) is 0 Å². The topological polar surface area (TPSA) is 66.8 Å². The Hall–Kier alpha value is 2.25. The van der Waals surface area contributed by atoms with Crippen LogP contribution < -0.4 is 59.1 Å². The molecule has 0 aromatic heterocycles. The van der Waals surface area contributed by atoms with Crippen LogP contribution in [0.4, 0.5) is 0 Å². The molecule has 0 amide bonds. The van der Waals surface area contributed by atoms with E-state index in [2.05, 4.69) is 15.4 Å². The quantitative estimate of drug-likeness (QED) is 0.355. The van der Waals surface area contributed by atoms with E-state index in [4.69, 9.17) is 9.66 Å². The molecule has 4 nitrogen and oxygen atoms in total. The average molecular weight is 262 g/mol. The van der Waals surface area contributed by atoms with Gasteiger partial charge in [0.15, 0.2) is 0 Å². The number of hydrogen-bond donors (Lipinski definition) is 2. The van der Waals surface area contributed by atoms with Crippen LogP contribution in [0.5, 0.6) is 0 Å². The maximum Gasteiger partial charge on any atom is 1.00 e. The first kappa shape index (κ1) is 21.5. The number of rotatable bonds is 7. The number of hydrogen-bond acceptors (Lipinski definition) is 4. The molecule has 0 saturated heterocycles. The minimum Gasteiger partial charge on any atom is -1.00 e. The molecule has 0 aromatic carbocycles. The molecule has 0 rings (SSSR count). The normalized spacial score (nSPS) is 13.6. The Morgan fingerprint density at radius 1 is 1.21 bits per heavy atom. The third-order valence-corrected chi connectivity index (χ3v) is 2.04. The zero-order valence-corrected chi connectivity index (χ0v) is 14.4. The van der Waals surface area contributed by atoms with Crippen molar-refractivity contribution >= 4 is 20.2 Å². The standard InChI is InChI=1S/C6H14O4S2.2Na.2H/c7-5-3-1-2-4-6-10-12(8,9)11;;;;/h7H,1-6H2,(H,8,9,11);;;;/q;2*+1;2*-1. The molecule has 2 N–H and O–H groups in total. The Morgan fingerprint density at radius 2 is 1.71 bits per heavy atom. The Morgan fingerprint density at radius 3 is 2.14 bits per heavy atom. The fourth-order valence-corrected chi connectivity index (χ4v) is 1.26. The van der Waals surface area contributed by atoms with Crippen LogP contribution in [-0.2, 0) is 24.4 Å². The van der Waals surface area contributed by atoms with Gasteiger partial charge in [0, 0.05) is 17.8 Å². The fraction of sp³-hybridized carbons (Fsp3) is 1.00. The first-order valence-electron chi connectivity index (χ1n) is 3.79. The summed E-state index contributed by atoms with van der Waals surface area (Å²) in [7, 11) is -3.43. The summed E-state index contributed by atoms with van der Waals surface area (Å²) in [6.07, 6.45) is 3.26. The molecule has 0 fully saturated rings. The van der Waals surface area contributed by atoms with Gasteiger partial charge in [-0.3, -0.25) is 8.74 Å². The van der Waals surface area contributed by atoms with E-state index in [1.165, 1.54) is 0 Å². The number of aliphatic hydroxyl groups excluding tert-OH is 1. The van der Waals surface area contributed by atoms with Crippen LogP contribution in [-0.4, -0.2) is 27.1 Å². The molecule has 1 unspecified atom stereocenters. The minimum absolute atomic E-state index is 0. The second-order valence-corrected chi connectivity index (χ2v) is 4.74. The SMILES string of the molecule is O=S(O)(=S)OCCCCCCO.[H-].[H-].[Na+].[Na+]. The van der Waals surface area contributed by atoms with Crippen molar-refractivity contribution in [2.75, 3.05) is 13.2 Å². The third kappa shape index (κ3) is 19.8. The summed E-state index contributed by atoms with van der Waals surface area (Å²) in [5, 5.41) is 8.42. The average Bonchev–Trinajstić information content (AvgIpc) is 1.94. The smallest absolute Gasteiger partial charge is 1.00 e. The summed E-state index contributed by atoms with van der Waals surface area (Å²) in [5.74, 6) is 0. The third-order valence-electron chi connectivity index (χ3n) is 1.28. The van der Waals surface area contributed by atoms with Crippen LogP contribution in [0.3, 0.4) is 0 Å². The molecule has 14 heavy (non-hydrogen) atoms. The molecule has 0 aliphatic rings. The van der Waals surface area contributed by atoms with Gasteiger partial charge in [-0.2, -0.15) is 4.21 Å². The summed E-state index contributed by atoms with van der Waals surface area (Å²) in [4.78, 5) is 0. The van der Waals surface area contributed by atoms with Crippen LogP contribution in [0.15, 0.2) is 0 Å². The van der Waals surface area contributed by atoms with E-state index in [0.717, 1.165) is 19.3 Å². The van der Waals surface area contributed by atoms with E-state index < -0.39 is 9.05 Å². The van der Waals surface area contributed by atoms with E-state index >= 15 is 0 Å². The molecule has 78 valence electrons. The van der Waals surface area contributed by atoms with Crippen molar-refractivity contribution in [2.24, 2.45) is 0 Å². The molecule has 0 saturated carbocycles. The van der Waals surface area contributed by atoms with Gasteiger partial charge >= 0.3 is 59.1 Å². The molecule has 0 spiro atoms. The molecule has 0 aliphatic carbocycles. The van der Waals surface area contributed by atoms with E-state index in [9.17, 15) is 4.21 Å². The van der Waals surface area contributed by atoms with Gasteiger partial charge in [-0.05, 0) is 12.8 Å². The predicted octanol–water partition coefficient (Wildman–Crippen LogP) is -5.08. The van der Waals surface area contributed by atoms with E-state index in [1.54, 1.807) is 0 Å². The maximum absolute atomic E-state index is 10.4. The number of aliphatic hydroxyl groups is 1. The van der Waals surface area contributed by atoms with Crippen LogP contribution in [0.25, 0.3) is 0 Å². The number of unbranched alkanes of at least 4 members (excludes halogenated alkanes) is 3. The van der Waals surface area contributed by atoms with Crippen LogP contribution >= 0.6 is 0 Å². The summed E-state index contributed by atoms with van der Waals surface area (Å²) in [6, 6.07) is 0. The van der Waals surface area contributed by atoms with Crippen LogP contribution in [0.1, 0.15) is 28.5 Å². The van der Waals surface area contributed by atoms with Crippen molar-refractivity contribution in [1.82, 2.24) is 0 Å². The summed E-state index contributed by atoms with van der Waals surface area (Å²) >= 11 is 4.11. The fourth-order valence-electron chi connectivity index (χ4n) is 0.732. The van der Waals surface area contributed by atoms with E-state index in [1.807, 2.05) is 0 Å². The van der Waals surface area contributed by atoms with E-state index in [-0.39, 0.29) is 75.2 Å². The van der Waals surface area contributed by atoms with Gasteiger partial charge in [-0.1, -0.05) is 12.8 Å². The summed E-state index contributed by atoms with van der Waals surface area (Å²) in [6.45, 7) is 0.406. The van der Waals surface area contributed by atoms with Gasteiger partial charge < -0.3 is 7.96 Å². The first-order chi connectivity index (χ1) is 5.56. The second-order valence-electron chi connectivity index (χ2n) is 2.39. The van der Waals surface area contributed by atoms with Gasteiger partial charge in [0.05, 0.1) is 6.61 Å². The van der Waals surface area contributed by atoms with E-state index in [0.29, 0.717) is 6.42 Å². The largest absolute Gasteiger partial charge is 1.00 e. The molecule has 8 heteroatoms. The van der Waals surface area contributed by atoms with Crippen LogP contribution in [0, 0.1) is 0 Å². The van der Waals surface area contributed by atoms with Gasteiger partial charge in [-0.25, -0.2) is 0 Å². The van der Waals surface area contributed by atoms with Gasteiger partial charge in [-0.15, -0.1) is 0 Å². The zero-order chi connectivity index (χ0) is 9.45. The molecule has 0 heterocycles.